The Labute approximate surface area is 194 Å². The molecule has 1 aromatic heterocycles. The highest BCUT2D eigenvalue weighted by Crippen LogP contribution is 2.24. The molecule has 6 nitrogen and oxygen atoms in total. The predicted molar refractivity (Wildman–Crippen MR) is 129 cm³/mol. The van der Waals surface area contributed by atoms with E-state index in [1.807, 2.05) is 48.5 Å². The number of imide groups is 1. The average Bonchev–Trinajstić information content (AvgIpc) is 3.09. The van der Waals surface area contributed by atoms with Gasteiger partial charge in [0.1, 0.15) is 0 Å². The van der Waals surface area contributed by atoms with Crippen molar-refractivity contribution in [1.82, 2.24) is 14.5 Å². The lowest BCUT2D eigenvalue weighted by atomic mass is 10.1. The lowest BCUT2D eigenvalue weighted by Gasteiger charge is -2.14. The Morgan fingerprint density at radius 1 is 0.727 bits per heavy atom. The maximum Gasteiger partial charge on any atom is 0.266 e. The molecule has 1 aliphatic heterocycles. The molecular formula is C26H21N3O3S. The van der Waals surface area contributed by atoms with Crippen molar-refractivity contribution in [2.45, 2.75) is 18.0 Å². The van der Waals surface area contributed by atoms with Crippen LogP contribution in [0.3, 0.4) is 0 Å². The van der Waals surface area contributed by atoms with Crippen LogP contribution in [-0.4, -0.2) is 38.6 Å². The van der Waals surface area contributed by atoms with E-state index in [4.69, 9.17) is 4.98 Å². The van der Waals surface area contributed by atoms with E-state index in [0.29, 0.717) is 45.9 Å². The third kappa shape index (κ3) is 3.96. The van der Waals surface area contributed by atoms with Gasteiger partial charge < -0.3 is 0 Å². The molecule has 1 aliphatic rings. The Morgan fingerprint density at radius 3 is 2.09 bits per heavy atom. The van der Waals surface area contributed by atoms with Gasteiger partial charge >= 0.3 is 0 Å². The van der Waals surface area contributed by atoms with Crippen LogP contribution in [0, 0.1) is 0 Å². The molecule has 0 fully saturated rings. The molecule has 5 rings (SSSR count). The number of aromatic nitrogens is 2. The van der Waals surface area contributed by atoms with Gasteiger partial charge in [-0.2, -0.15) is 0 Å². The number of fused-ring (bicyclic) bond motifs is 2. The highest BCUT2D eigenvalue weighted by molar-refractivity contribution is 7.99. The van der Waals surface area contributed by atoms with Gasteiger partial charge in [-0.3, -0.25) is 23.9 Å². The molecule has 2 amide bonds. The van der Waals surface area contributed by atoms with Crippen LogP contribution in [0.15, 0.2) is 88.8 Å². The van der Waals surface area contributed by atoms with E-state index in [2.05, 4.69) is 0 Å². The molecule has 164 valence electrons. The first-order valence-electron chi connectivity index (χ1n) is 10.8. The monoisotopic (exact) mass is 455 g/mol. The quantitative estimate of drug-likeness (QED) is 0.177. The Morgan fingerprint density at radius 2 is 1.36 bits per heavy atom. The zero-order chi connectivity index (χ0) is 22.8. The van der Waals surface area contributed by atoms with Crippen LogP contribution in [0.1, 0.15) is 33.6 Å². The Kier molecular flexibility index (Phi) is 5.79. The molecule has 0 bridgehead atoms. The molecule has 0 atom stereocenters. The van der Waals surface area contributed by atoms with Crippen LogP contribution in [0.4, 0.5) is 0 Å². The molecule has 0 unspecified atom stereocenters. The van der Waals surface area contributed by atoms with Gasteiger partial charge in [0.05, 0.1) is 27.7 Å². The molecule has 0 N–H and O–H groups in total. The van der Waals surface area contributed by atoms with Crippen molar-refractivity contribution in [3.8, 4) is 5.69 Å². The van der Waals surface area contributed by atoms with E-state index < -0.39 is 0 Å². The van der Waals surface area contributed by atoms with Crippen molar-refractivity contribution >= 4 is 34.5 Å². The number of amides is 2. The second kappa shape index (κ2) is 9.03. The number of unbranched alkanes of at least 4 members (excludes halogenated alkanes) is 1. The third-order valence-electron chi connectivity index (χ3n) is 5.64. The van der Waals surface area contributed by atoms with Gasteiger partial charge in [-0.15, -0.1) is 0 Å². The summed E-state index contributed by atoms with van der Waals surface area (Å²) in [4.78, 5) is 44.3. The molecular weight excluding hydrogens is 434 g/mol. The Hall–Kier alpha value is -3.71. The minimum absolute atomic E-state index is 0.0969. The topological polar surface area (TPSA) is 72.3 Å². The summed E-state index contributed by atoms with van der Waals surface area (Å²) in [6.45, 7) is 0.379. The molecule has 0 radical (unpaired) electrons. The summed E-state index contributed by atoms with van der Waals surface area (Å²) in [6.07, 6.45) is 1.46. The number of thioether (sulfide) groups is 1. The largest absolute Gasteiger partial charge is 0.274 e. The number of hydrogen-bond acceptors (Lipinski definition) is 5. The number of rotatable bonds is 7. The van der Waals surface area contributed by atoms with Crippen molar-refractivity contribution in [2.75, 3.05) is 12.3 Å². The predicted octanol–water partition coefficient (Wildman–Crippen LogP) is 4.55. The van der Waals surface area contributed by atoms with E-state index in [9.17, 15) is 14.4 Å². The fourth-order valence-corrected chi connectivity index (χ4v) is 5.00. The van der Waals surface area contributed by atoms with Crippen molar-refractivity contribution in [3.63, 3.8) is 0 Å². The summed E-state index contributed by atoms with van der Waals surface area (Å²) in [5, 5.41) is 1.21. The highest BCUT2D eigenvalue weighted by Gasteiger charge is 2.34. The third-order valence-corrected chi connectivity index (χ3v) is 6.67. The number of nitrogens with zero attached hydrogens (tertiary/aromatic N) is 3. The van der Waals surface area contributed by atoms with E-state index in [-0.39, 0.29) is 17.4 Å². The van der Waals surface area contributed by atoms with E-state index >= 15 is 0 Å². The normalized spacial score (nSPS) is 13.0. The zero-order valence-electron chi connectivity index (χ0n) is 17.8. The first kappa shape index (κ1) is 21.2. The number of para-hydroxylation sites is 2. The standard InChI is InChI=1S/C26H21N3O3S/c30-23-19-12-4-5-13-20(19)24(31)28(23)16-8-9-17-33-26-27-22-15-7-6-14-21(22)25(32)29(26)18-10-2-1-3-11-18/h1-7,10-15H,8-9,16-17H2. The van der Waals surface area contributed by atoms with Crippen LogP contribution in [0.25, 0.3) is 16.6 Å². The second-order valence-electron chi connectivity index (χ2n) is 7.75. The molecule has 7 heteroatoms. The molecule has 4 aromatic rings. The van der Waals surface area contributed by atoms with Crippen LogP contribution >= 0.6 is 11.8 Å². The molecule has 2 heterocycles. The van der Waals surface area contributed by atoms with Gasteiger partial charge in [0.25, 0.3) is 17.4 Å². The average molecular weight is 456 g/mol. The SMILES string of the molecule is O=C1c2ccccc2C(=O)N1CCCCSc1nc2ccccc2c(=O)n1-c1ccccc1. The minimum Gasteiger partial charge on any atom is -0.274 e. The maximum absolute atomic E-state index is 13.2. The van der Waals surface area contributed by atoms with Crippen LogP contribution in [0.2, 0.25) is 0 Å². The molecule has 0 saturated heterocycles. The number of benzene rings is 3. The number of carbonyl (C=O) groups is 2. The lowest BCUT2D eigenvalue weighted by molar-refractivity contribution is 0.0652. The molecule has 0 aliphatic carbocycles. The minimum atomic E-state index is -0.225. The number of carbonyl (C=O) groups excluding carboxylic acids is 2. The van der Waals surface area contributed by atoms with E-state index in [0.717, 1.165) is 12.1 Å². The first-order valence-corrected chi connectivity index (χ1v) is 11.8. The molecule has 0 saturated carbocycles. The van der Waals surface area contributed by atoms with Crippen LogP contribution < -0.4 is 5.56 Å². The van der Waals surface area contributed by atoms with Gasteiger partial charge in [-0.1, -0.05) is 54.2 Å². The summed E-state index contributed by atoms with van der Waals surface area (Å²) in [5.41, 5.74) is 2.30. The summed E-state index contributed by atoms with van der Waals surface area (Å²) >= 11 is 1.51. The fourth-order valence-electron chi connectivity index (χ4n) is 3.99. The molecule has 33 heavy (non-hydrogen) atoms. The smallest absolute Gasteiger partial charge is 0.266 e. The summed E-state index contributed by atoms with van der Waals surface area (Å²) in [6, 6.07) is 23.8. The Balaban J connectivity index is 1.29. The van der Waals surface area contributed by atoms with Crippen molar-refractivity contribution < 1.29 is 9.59 Å². The zero-order valence-corrected chi connectivity index (χ0v) is 18.6. The van der Waals surface area contributed by atoms with Crippen LogP contribution in [-0.2, 0) is 0 Å². The van der Waals surface area contributed by atoms with E-state index in [1.165, 1.54) is 16.7 Å². The first-order chi connectivity index (χ1) is 16.1. The summed E-state index contributed by atoms with van der Waals surface area (Å²) < 4.78 is 1.65. The maximum atomic E-state index is 13.2. The Bertz CT molecular complexity index is 1380. The van der Waals surface area contributed by atoms with Crippen molar-refractivity contribution in [3.05, 3.63) is 100 Å². The van der Waals surface area contributed by atoms with Crippen molar-refractivity contribution in [2.24, 2.45) is 0 Å². The van der Waals surface area contributed by atoms with Crippen LogP contribution in [0.5, 0.6) is 0 Å². The number of hydrogen-bond donors (Lipinski definition) is 0. The lowest BCUT2D eigenvalue weighted by Crippen LogP contribution is -2.30. The van der Waals surface area contributed by atoms with Gasteiger partial charge in [-0.05, 0) is 49.2 Å². The highest BCUT2D eigenvalue weighted by atomic mass is 32.2. The second-order valence-corrected chi connectivity index (χ2v) is 8.81. The van der Waals surface area contributed by atoms with Crippen molar-refractivity contribution in [1.29, 1.82) is 0 Å². The molecule has 3 aromatic carbocycles. The van der Waals surface area contributed by atoms with Gasteiger partial charge in [0, 0.05) is 12.3 Å². The van der Waals surface area contributed by atoms with Gasteiger partial charge in [-0.25, -0.2) is 4.98 Å². The summed E-state index contributed by atoms with van der Waals surface area (Å²) in [7, 11) is 0. The van der Waals surface area contributed by atoms with E-state index in [1.54, 1.807) is 34.9 Å². The summed E-state index contributed by atoms with van der Waals surface area (Å²) in [5.74, 6) is 0.260. The van der Waals surface area contributed by atoms with Gasteiger partial charge in [0.2, 0.25) is 0 Å². The molecule has 0 spiro atoms. The van der Waals surface area contributed by atoms with Gasteiger partial charge in [0.15, 0.2) is 5.16 Å². The fraction of sp³-hybridized carbons (Fsp3) is 0.154.